The minimum absolute atomic E-state index is 0.0792. The molecule has 2 aromatic rings. The molecule has 1 aromatic heterocycles. The van der Waals surface area contributed by atoms with E-state index in [4.69, 9.17) is 23.2 Å². The normalized spacial score (nSPS) is 11.7. The van der Waals surface area contributed by atoms with E-state index in [9.17, 15) is 0 Å². The van der Waals surface area contributed by atoms with Crippen LogP contribution < -0.4 is 5.32 Å². The maximum Gasteiger partial charge on any atom is 0.0982 e. The van der Waals surface area contributed by atoms with Crippen molar-refractivity contribution in [3.8, 4) is 0 Å². The van der Waals surface area contributed by atoms with Gasteiger partial charge in [0.05, 0.1) is 33.0 Å². The third-order valence-corrected chi connectivity index (χ3v) is 5.02. The molecular formula is C14H15BrCl2N2S. The molecule has 0 atom stereocenters. The Morgan fingerprint density at radius 3 is 2.35 bits per heavy atom. The second-order valence-electron chi connectivity index (χ2n) is 5.49. The van der Waals surface area contributed by atoms with Crippen molar-refractivity contribution in [2.75, 3.05) is 5.32 Å². The van der Waals surface area contributed by atoms with Crippen molar-refractivity contribution in [2.45, 2.75) is 32.7 Å². The topological polar surface area (TPSA) is 24.9 Å². The highest BCUT2D eigenvalue weighted by Crippen LogP contribution is 2.34. The van der Waals surface area contributed by atoms with Gasteiger partial charge in [0.25, 0.3) is 0 Å². The summed E-state index contributed by atoms with van der Waals surface area (Å²) in [5.41, 5.74) is 1.81. The van der Waals surface area contributed by atoms with E-state index in [2.05, 4.69) is 52.4 Å². The number of nitrogens with zero attached hydrogens (tertiary/aromatic N) is 1. The van der Waals surface area contributed by atoms with E-state index in [1.165, 1.54) is 0 Å². The Morgan fingerprint density at radius 2 is 1.85 bits per heavy atom. The number of hydrogen-bond acceptors (Lipinski definition) is 3. The molecule has 0 saturated carbocycles. The molecule has 2 rings (SSSR count). The van der Waals surface area contributed by atoms with Gasteiger partial charge in [-0.25, -0.2) is 4.98 Å². The Bertz CT molecular complexity index is 597. The van der Waals surface area contributed by atoms with E-state index in [0.717, 1.165) is 20.9 Å². The highest BCUT2D eigenvalue weighted by Gasteiger charge is 2.18. The second-order valence-corrected chi connectivity index (χ2v) is 8.08. The largest absolute Gasteiger partial charge is 0.377 e. The van der Waals surface area contributed by atoms with Crippen LogP contribution in [0.1, 0.15) is 31.5 Å². The molecule has 0 saturated heterocycles. The molecule has 0 fully saturated rings. The first-order valence-electron chi connectivity index (χ1n) is 6.10. The zero-order valence-electron chi connectivity index (χ0n) is 11.4. The number of rotatable bonds is 3. The van der Waals surface area contributed by atoms with Gasteiger partial charge in [0, 0.05) is 15.3 Å². The molecule has 1 N–H and O–H groups in total. The lowest BCUT2D eigenvalue weighted by Gasteiger charge is -2.13. The van der Waals surface area contributed by atoms with E-state index in [-0.39, 0.29) is 5.41 Å². The molecule has 0 aliphatic heterocycles. The van der Waals surface area contributed by atoms with Gasteiger partial charge < -0.3 is 5.32 Å². The van der Waals surface area contributed by atoms with E-state index in [0.29, 0.717) is 16.6 Å². The Labute approximate surface area is 141 Å². The number of halogens is 3. The van der Waals surface area contributed by atoms with Crippen molar-refractivity contribution in [1.29, 1.82) is 0 Å². The lowest BCUT2D eigenvalue weighted by Crippen LogP contribution is -2.11. The minimum Gasteiger partial charge on any atom is -0.377 e. The van der Waals surface area contributed by atoms with Crippen molar-refractivity contribution in [2.24, 2.45) is 0 Å². The van der Waals surface area contributed by atoms with Crippen LogP contribution in [-0.4, -0.2) is 4.98 Å². The third-order valence-electron chi connectivity index (χ3n) is 2.65. The van der Waals surface area contributed by atoms with Gasteiger partial charge in [0.2, 0.25) is 0 Å². The molecule has 6 heteroatoms. The van der Waals surface area contributed by atoms with E-state index in [1.54, 1.807) is 11.3 Å². The predicted molar refractivity (Wildman–Crippen MR) is 92.3 cm³/mol. The molecule has 1 heterocycles. The summed E-state index contributed by atoms with van der Waals surface area (Å²) in [6.45, 7) is 7.08. The van der Waals surface area contributed by atoms with Gasteiger partial charge in [-0.15, -0.1) is 11.3 Å². The van der Waals surface area contributed by atoms with Crippen molar-refractivity contribution in [3.63, 3.8) is 0 Å². The summed E-state index contributed by atoms with van der Waals surface area (Å²) in [4.78, 5) is 4.63. The molecule has 0 amide bonds. The van der Waals surface area contributed by atoms with Crippen LogP contribution in [0, 0.1) is 0 Å². The third kappa shape index (κ3) is 3.88. The maximum absolute atomic E-state index is 6.18. The van der Waals surface area contributed by atoms with Gasteiger partial charge in [0.1, 0.15) is 0 Å². The SMILES string of the molecule is CC(C)(C)c1nc(CNc2c(Cl)cc(Br)cc2Cl)cs1. The van der Waals surface area contributed by atoms with Crippen LogP contribution in [0.15, 0.2) is 22.0 Å². The number of aromatic nitrogens is 1. The summed E-state index contributed by atoms with van der Waals surface area (Å²) in [6, 6.07) is 3.63. The zero-order chi connectivity index (χ0) is 14.9. The molecule has 0 bridgehead atoms. The standard InChI is InChI=1S/C14H15BrCl2N2S/c1-14(2,3)13-19-9(7-20-13)6-18-12-10(16)4-8(15)5-11(12)17/h4-5,7,18H,6H2,1-3H3. The van der Waals surface area contributed by atoms with Crippen molar-refractivity contribution in [1.82, 2.24) is 4.98 Å². The van der Waals surface area contributed by atoms with Crippen LogP contribution in [0.3, 0.4) is 0 Å². The first-order chi connectivity index (χ1) is 9.27. The fraction of sp³-hybridized carbons (Fsp3) is 0.357. The number of hydrogen-bond donors (Lipinski definition) is 1. The van der Waals surface area contributed by atoms with Gasteiger partial charge in [-0.05, 0) is 12.1 Å². The molecule has 0 unspecified atom stereocenters. The number of thiazole rings is 1. The van der Waals surface area contributed by atoms with Gasteiger partial charge in [-0.2, -0.15) is 0 Å². The zero-order valence-corrected chi connectivity index (χ0v) is 15.3. The number of anilines is 1. The molecule has 1 aromatic carbocycles. The van der Waals surface area contributed by atoms with Crippen LogP contribution in [-0.2, 0) is 12.0 Å². The highest BCUT2D eigenvalue weighted by molar-refractivity contribution is 9.10. The summed E-state index contributed by atoms with van der Waals surface area (Å²) in [6.07, 6.45) is 0. The van der Waals surface area contributed by atoms with Crippen LogP contribution in [0.5, 0.6) is 0 Å². The van der Waals surface area contributed by atoms with Crippen LogP contribution in [0.4, 0.5) is 5.69 Å². The fourth-order valence-corrected chi connectivity index (χ4v) is 3.87. The Balaban J connectivity index is 2.12. The molecule has 0 spiro atoms. The van der Waals surface area contributed by atoms with Gasteiger partial charge >= 0.3 is 0 Å². The molecule has 108 valence electrons. The van der Waals surface area contributed by atoms with Crippen molar-refractivity contribution >= 4 is 56.2 Å². The molecule has 0 radical (unpaired) electrons. The van der Waals surface area contributed by atoms with Gasteiger partial charge in [0.15, 0.2) is 0 Å². The Hall–Kier alpha value is -0.290. The Kier molecular flexibility index (Phi) is 5.00. The lowest BCUT2D eigenvalue weighted by molar-refractivity contribution is 0.583. The number of benzene rings is 1. The average molecular weight is 394 g/mol. The molecule has 0 aliphatic rings. The first-order valence-corrected chi connectivity index (χ1v) is 8.53. The van der Waals surface area contributed by atoms with E-state index < -0.39 is 0 Å². The molecule has 0 aliphatic carbocycles. The predicted octanol–water partition coefficient (Wildman–Crippen LogP) is 6.12. The summed E-state index contributed by atoms with van der Waals surface area (Å²) >= 11 is 17.4. The van der Waals surface area contributed by atoms with Gasteiger partial charge in [-0.1, -0.05) is 59.9 Å². The summed E-state index contributed by atoms with van der Waals surface area (Å²) in [5, 5.41) is 7.63. The fourth-order valence-electron chi connectivity index (χ4n) is 1.62. The quantitative estimate of drug-likeness (QED) is 0.678. The van der Waals surface area contributed by atoms with Crippen LogP contribution >= 0.6 is 50.5 Å². The van der Waals surface area contributed by atoms with Crippen LogP contribution in [0.2, 0.25) is 10.0 Å². The molecule has 20 heavy (non-hydrogen) atoms. The Morgan fingerprint density at radius 1 is 1.25 bits per heavy atom. The highest BCUT2D eigenvalue weighted by atomic mass is 79.9. The number of nitrogens with one attached hydrogen (secondary N) is 1. The molecular weight excluding hydrogens is 379 g/mol. The van der Waals surface area contributed by atoms with E-state index >= 15 is 0 Å². The monoisotopic (exact) mass is 392 g/mol. The second kappa shape index (κ2) is 6.22. The van der Waals surface area contributed by atoms with Crippen LogP contribution in [0.25, 0.3) is 0 Å². The summed E-state index contributed by atoms with van der Waals surface area (Å²) in [5.74, 6) is 0. The van der Waals surface area contributed by atoms with Gasteiger partial charge in [-0.3, -0.25) is 0 Å². The van der Waals surface area contributed by atoms with Crippen molar-refractivity contribution in [3.05, 3.63) is 42.7 Å². The molecule has 2 nitrogen and oxygen atoms in total. The maximum atomic E-state index is 6.18. The average Bonchev–Trinajstić information content (AvgIpc) is 2.75. The minimum atomic E-state index is 0.0792. The summed E-state index contributed by atoms with van der Waals surface area (Å²) in [7, 11) is 0. The lowest BCUT2D eigenvalue weighted by atomic mass is 9.98. The summed E-state index contributed by atoms with van der Waals surface area (Å²) < 4.78 is 0.863. The smallest absolute Gasteiger partial charge is 0.0982 e. The first kappa shape index (κ1) is 16.1. The van der Waals surface area contributed by atoms with E-state index in [1.807, 2.05) is 12.1 Å². The van der Waals surface area contributed by atoms with Crippen molar-refractivity contribution < 1.29 is 0 Å².